The molecule has 5 heteroatoms. The summed E-state index contributed by atoms with van der Waals surface area (Å²) in [5.41, 5.74) is 1.44. The summed E-state index contributed by atoms with van der Waals surface area (Å²) in [4.78, 5) is 12.2. The second-order valence-electron chi connectivity index (χ2n) is 5.68. The van der Waals surface area contributed by atoms with Crippen molar-refractivity contribution in [2.24, 2.45) is 5.92 Å². The van der Waals surface area contributed by atoms with E-state index in [2.05, 4.69) is 11.9 Å². The van der Waals surface area contributed by atoms with Crippen LogP contribution in [0.25, 0.3) is 0 Å². The lowest BCUT2D eigenvalue weighted by molar-refractivity contribution is 0.133. The molecule has 5 nitrogen and oxygen atoms in total. The number of nitrogens with one attached hydrogen (secondary N) is 1. The predicted octanol–water partition coefficient (Wildman–Crippen LogP) is 4.19. The highest BCUT2D eigenvalue weighted by molar-refractivity contribution is 5.68. The van der Waals surface area contributed by atoms with E-state index >= 15 is 0 Å². The van der Waals surface area contributed by atoms with Gasteiger partial charge in [0.1, 0.15) is 6.61 Å². The number of alkyl carbamates (subject to hydrolysis) is 1. The molecule has 2 aromatic carbocycles. The Labute approximate surface area is 147 Å². The lowest BCUT2D eigenvalue weighted by Crippen LogP contribution is -2.32. The Kier molecular flexibility index (Phi) is 6.46. The molecule has 0 aliphatic rings. The van der Waals surface area contributed by atoms with Crippen molar-refractivity contribution in [3.05, 3.63) is 72.3 Å². The van der Waals surface area contributed by atoms with Crippen LogP contribution >= 0.6 is 0 Å². The fourth-order valence-corrected chi connectivity index (χ4v) is 2.48. The van der Waals surface area contributed by atoms with Crippen LogP contribution in [-0.2, 0) is 11.3 Å². The molecule has 0 aliphatic carbocycles. The average molecular weight is 341 g/mol. The fraction of sp³-hybridized carbons (Fsp3) is 0.250. The Hall–Kier alpha value is -2.95. The zero-order chi connectivity index (χ0) is 18.2. The van der Waals surface area contributed by atoms with E-state index in [0.29, 0.717) is 11.3 Å². The van der Waals surface area contributed by atoms with Gasteiger partial charge in [-0.2, -0.15) is 0 Å². The van der Waals surface area contributed by atoms with Gasteiger partial charge in [0.05, 0.1) is 13.2 Å². The van der Waals surface area contributed by atoms with Crippen LogP contribution in [0.5, 0.6) is 11.5 Å². The third-order valence-corrected chi connectivity index (χ3v) is 3.97. The topological polar surface area (TPSA) is 67.8 Å². The summed E-state index contributed by atoms with van der Waals surface area (Å²) < 4.78 is 10.4. The Morgan fingerprint density at radius 1 is 1.24 bits per heavy atom. The number of carbonyl (C=O) groups excluding carboxylic acids is 1. The Balaban J connectivity index is 2.13. The SMILES string of the molecule is C=C[C@@H](C)[C@H](NC(=O)OCc1ccccc1)c1cccc(OC)c1O. The number of amides is 1. The smallest absolute Gasteiger partial charge is 0.407 e. The largest absolute Gasteiger partial charge is 0.504 e. The van der Waals surface area contributed by atoms with Crippen LogP contribution in [-0.4, -0.2) is 18.3 Å². The maximum atomic E-state index is 12.2. The van der Waals surface area contributed by atoms with E-state index < -0.39 is 12.1 Å². The quantitative estimate of drug-likeness (QED) is 0.741. The number of phenolic OH excluding ortho intramolecular Hbond substituents is 1. The van der Waals surface area contributed by atoms with Crippen LogP contribution in [0.15, 0.2) is 61.2 Å². The van der Waals surface area contributed by atoms with Crippen molar-refractivity contribution in [1.29, 1.82) is 0 Å². The van der Waals surface area contributed by atoms with Gasteiger partial charge in [-0.3, -0.25) is 0 Å². The molecule has 25 heavy (non-hydrogen) atoms. The Bertz CT molecular complexity index is 715. The first-order valence-electron chi connectivity index (χ1n) is 8.02. The van der Waals surface area contributed by atoms with E-state index in [4.69, 9.17) is 9.47 Å². The fourth-order valence-electron chi connectivity index (χ4n) is 2.48. The highest BCUT2D eigenvalue weighted by Crippen LogP contribution is 2.36. The molecule has 0 bridgehead atoms. The summed E-state index contributed by atoms with van der Waals surface area (Å²) >= 11 is 0. The van der Waals surface area contributed by atoms with Gasteiger partial charge in [0.2, 0.25) is 0 Å². The molecule has 0 aromatic heterocycles. The van der Waals surface area contributed by atoms with E-state index in [0.717, 1.165) is 5.56 Å². The molecule has 0 heterocycles. The molecule has 0 saturated heterocycles. The van der Waals surface area contributed by atoms with Crippen LogP contribution in [0.4, 0.5) is 4.79 Å². The second-order valence-corrected chi connectivity index (χ2v) is 5.68. The normalized spacial score (nSPS) is 12.7. The molecule has 2 aromatic rings. The molecular formula is C20H23NO4. The molecule has 2 atom stereocenters. The van der Waals surface area contributed by atoms with E-state index in [1.54, 1.807) is 24.3 Å². The first kappa shape index (κ1) is 18.4. The van der Waals surface area contributed by atoms with Crippen LogP contribution in [0.2, 0.25) is 0 Å². The van der Waals surface area contributed by atoms with Gasteiger partial charge >= 0.3 is 6.09 Å². The minimum Gasteiger partial charge on any atom is -0.504 e. The predicted molar refractivity (Wildman–Crippen MR) is 96.5 cm³/mol. The maximum absolute atomic E-state index is 12.2. The lowest BCUT2D eigenvalue weighted by atomic mass is 9.93. The van der Waals surface area contributed by atoms with Crippen LogP contribution in [0.1, 0.15) is 24.1 Å². The summed E-state index contributed by atoms with van der Waals surface area (Å²) in [6.45, 7) is 5.84. The second kappa shape index (κ2) is 8.78. The van der Waals surface area contributed by atoms with E-state index in [9.17, 15) is 9.90 Å². The standard InChI is InChI=1S/C20H23NO4/c1-4-14(2)18(16-11-8-12-17(24-3)19(16)22)21-20(23)25-13-15-9-6-5-7-10-15/h4-12,14,18,22H,1,13H2,2-3H3,(H,21,23)/t14-,18+/m1/s1. The summed E-state index contributed by atoms with van der Waals surface area (Å²) in [6, 6.07) is 14.1. The van der Waals surface area contributed by atoms with Gasteiger partial charge in [0.15, 0.2) is 11.5 Å². The number of ether oxygens (including phenoxy) is 2. The van der Waals surface area contributed by atoms with Gasteiger partial charge in [0, 0.05) is 5.56 Å². The summed E-state index contributed by atoms with van der Waals surface area (Å²) in [7, 11) is 1.48. The van der Waals surface area contributed by atoms with Gasteiger partial charge in [0.25, 0.3) is 0 Å². The summed E-state index contributed by atoms with van der Waals surface area (Å²) in [5.74, 6) is 0.215. The van der Waals surface area contributed by atoms with Crippen LogP contribution in [0, 0.1) is 5.92 Å². The molecule has 132 valence electrons. The van der Waals surface area contributed by atoms with Crippen LogP contribution < -0.4 is 10.1 Å². The van der Waals surface area contributed by atoms with Crippen molar-refractivity contribution >= 4 is 6.09 Å². The molecule has 0 unspecified atom stereocenters. The van der Waals surface area contributed by atoms with Crippen molar-refractivity contribution in [1.82, 2.24) is 5.32 Å². The number of carbonyl (C=O) groups is 1. The highest BCUT2D eigenvalue weighted by Gasteiger charge is 2.24. The van der Waals surface area contributed by atoms with Gasteiger partial charge in [-0.05, 0) is 17.5 Å². The summed E-state index contributed by atoms with van der Waals surface area (Å²) in [5, 5.41) is 13.2. The zero-order valence-corrected chi connectivity index (χ0v) is 14.4. The molecule has 0 fully saturated rings. The van der Waals surface area contributed by atoms with E-state index in [-0.39, 0.29) is 18.3 Å². The first-order chi connectivity index (χ1) is 12.1. The summed E-state index contributed by atoms with van der Waals surface area (Å²) in [6.07, 6.45) is 1.14. The van der Waals surface area contributed by atoms with Crippen molar-refractivity contribution < 1.29 is 19.4 Å². The van der Waals surface area contributed by atoms with Crippen molar-refractivity contribution in [2.75, 3.05) is 7.11 Å². The molecule has 2 rings (SSSR count). The minimum absolute atomic E-state index is 0.00735. The third kappa shape index (κ3) is 4.76. The number of aromatic hydroxyl groups is 1. The molecule has 2 N–H and O–H groups in total. The molecular weight excluding hydrogens is 318 g/mol. The van der Waals surface area contributed by atoms with Crippen molar-refractivity contribution in [2.45, 2.75) is 19.6 Å². The maximum Gasteiger partial charge on any atom is 0.407 e. The molecule has 0 aliphatic heterocycles. The number of methoxy groups -OCH3 is 1. The monoisotopic (exact) mass is 341 g/mol. The van der Waals surface area contributed by atoms with Crippen LogP contribution in [0.3, 0.4) is 0 Å². The highest BCUT2D eigenvalue weighted by atomic mass is 16.5. The average Bonchev–Trinajstić information content (AvgIpc) is 2.65. The van der Waals surface area contributed by atoms with Gasteiger partial charge in [-0.25, -0.2) is 4.79 Å². The van der Waals surface area contributed by atoms with Gasteiger partial charge < -0.3 is 19.9 Å². The Morgan fingerprint density at radius 2 is 1.96 bits per heavy atom. The zero-order valence-electron chi connectivity index (χ0n) is 14.4. The van der Waals surface area contributed by atoms with Gasteiger partial charge in [-0.15, -0.1) is 6.58 Å². The Morgan fingerprint density at radius 3 is 2.60 bits per heavy atom. The molecule has 0 saturated carbocycles. The number of rotatable bonds is 7. The van der Waals surface area contributed by atoms with Crippen molar-refractivity contribution in [3.63, 3.8) is 0 Å². The van der Waals surface area contributed by atoms with Crippen molar-refractivity contribution in [3.8, 4) is 11.5 Å². The van der Waals surface area contributed by atoms with E-state index in [1.165, 1.54) is 7.11 Å². The molecule has 0 spiro atoms. The number of phenols is 1. The lowest BCUT2D eigenvalue weighted by Gasteiger charge is -2.24. The minimum atomic E-state index is -0.565. The number of benzene rings is 2. The van der Waals surface area contributed by atoms with Gasteiger partial charge in [-0.1, -0.05) is 55.5 Å². The molecule has 0 radical (unpaired) electrons. The number of hydrogen-bond donors (Lipinski definition) is 2. The molecule has 1 amide bonds. The first-order valence-corrected chi connectivity index (χ1v) is 8.02. The number of hydrogen-bond acceptors (Lipinski definition) is 4. The number of para-hydroxylation sites is 1. The van der Waals surface area contributed by atoms with E-state index in [1.807, 2.05) is 37.3 Å². The third-order valence-electron chi connectivity index (χ3n) is 3.97.